The summed E-state index contributed by atoms with van der Waals surface area (Å²) in [6, 6.07) is 0. The third kappa shape index (κ3) is 1.10. The third-order valence-corrected chi connectivity index (χ3v) is 2.99. The van der Waals surface area contributed by atoms with E-state index >= 15 is 0 Å². The highest BCUT2D eigenvalue weighted by molar-refractivity contribution is 5.90. The molecule has 0 radical (unpaired) electrons. The first-order valence-corrected chi connectivity index (χ1v) is 4.32. The molecule has 0 aromatic heterocycles. The number of carbonyl (C=O) groups excluding carboxylic acids is 2. The second-order valence-electron chi connectivity index (χ2n) is 3.65. The van der Waals surface area contributed by atoms with Gasteiger partial charge in [0.15, 0.2) is 0 Å². The number of hydrogen-bond donors (Lipinski definition) is 0. The van der Waals surface area contributed by atoms with Crippen molar-refractivity contribution in [3.05, 3.63) is 0 Å². The van der Waals surface area contributed by atoms with Gasteiger partial charge < -0.3 is 0 Å². The Bertz CT molecular complexity index is 208. The molecule has 0 heterocycles. The zero-order valence-corrected chi connectivity index (χ0v) is 6.51. The van der Waals surface area contributed by atoms with Gasteiger partial charge in [0.25, 0.3) is 0 Å². The molecule has 2 unspecified atom stereocenters. The fourth-order valence-corrected chi connectivity index (χ4v) is 2.30. The minimum atomic E-state index is 0.122. The lowest BCUT2D eigenvalue weighted by Crippen LogP contribution is -2.24. The van der Waals surface area contributed by atoms with Gasteiger partial charge in [-0.3, -0.25) is 9.59 Å². The van der Waals surface area contributed by atoms with Crippen molar-refractivity contribution < 1.29 is 9.59 Å². The van der Waals surface area contributed by atoms with E-state index in [1.807, 2.05) is 0 Å². The van der Waals surface area contributed by atoms with E-state index in [1.54, 1.807) is 0 Å². The minimum absolute atomic E-state index is 0.122. The van der Waals surface area contributed by atoms with Gasteiger partial charge in [0.05, 0.1) is 0 Å². The van der Waals surface area contributed by atoms with Crippen LogP contribution in [0.5, 0.6) is 0 Å². The van der Waals surface area contributed by atoms with E-state index in [0.717, 1.165) is 19.3 Å². The summed E-state index contributed by atoms with van der Waals surface area (Å²) in [4.78, 5) is 22.2. The molecule has 2 atom stereocenters. The first kappa shape index (κ1) is 7.01. The quantitative estimate of drug-likeness (QED) is 0.524. The monoisotopic (exact) mass is 152 g/mol. The first-order valence-electron chi connectivity index (χ1n) is 4.32. The molecular formula is C9H12O2. The van der Waals surface area contributed by atoms with Crippen molar-refractivity contribution >= 4 is 11.6 Å². The summed E-state index contributed by atoms with van der Waals surface area (Å²) in [5.41, 5.74) is 0. The first-order chi connectivity index (χ1) is 5.27. The van der Waals surface area contributed by atoms with Gasteiger partial charge in [0.2, 0.25) is 0 Å². The standard InChI is InChI=1S/C9H12O2/c10-7-3-1-6-2-4-9(11)8(6)5-7/h6,8H,1-5H2. The van der Waals surface area contributed by atoms with Crippen molar-refractivity contribution in [3.63, 3.8) is 0 Å². The molecule has 11 heavy (non-hydrogen) atoms. The van der Waals surface area contributed by atoms with Gasteiger partial charge in [0.1, 0.15) is 11.6 Å². The Balaban J connectivity index is 2.13. The molecule has 0 aliphatic heterocycles. The van der Waals surface area contributed by atoms with Gasteiger partial charge in [-0.05, 0) is 18.8 Å². The normalized spacial score (nSPS) is 37.5. The van der Waals surface area contributed by atoms with Crippen LogP contribution >= 0.6 is 0 Å². The zero-order valence-electron chi connectivity index (χ0n) is 6.51. The number of Topliss-reactive ketones (excluding diaryl/α,β-unsaturated/α-hetero) is 2. The fourth-order valence-electron chi connectivity index (χ4n) is 2.30. The molecule has 0 N–H and O–H groups in total. The van der Waals surface area contributed by atoms with Gasteiger partial charge in [-0.25, -0.2) is 0 Å². The van der Waals surface area contributed by atoms with Gasteiger partial charge in [0, 0.05) is 25.2 Å². The van der Waals surface area contributed by atoms with Gasteiger partial charge in [-0.1, -0.05) is 0 Å². The lowest BCUT2D eigenvalue weighted by atomic mass is 9.81. The number of rotatable bonds is 0. The molecule has 0 aromatic carbocycles. The van der Waals surface area contributed by atoms with Crippen molar-refractivity contribution in [2.24, 2.45) is 11.8 Å². The van der Waals surface area contributed by atoms with E-state index in [0.29, 0.717) is 30.3 Å². The fraction of sp³-hybridized carbons (Fsp3) is 0.778. The average Bonchev–Trinajstić information content (AvgIpc) is 2.33. The van der Waals surface area contributed by atoms with Crippen LogP contribution in [0.25, 0.3) is 0 Å². The van der Waals surface area contributed by atoms with Crippen LogP contribution in [-0.4, -0.2) is 11.6 Å². The van der Waals surface area contributed by atoms with Crippen LogP contribution in [0.2, 0.25) is 0 Å². The van der Waals surface area contributed by atoms with Crippen LogP contribution in [0, 0.1) is 11.8 Å². The van der Waals surface area contributed by atoms with Crippen molar-refractivity contribution in [1.29, 1.82) is 0 Å². The highest BCUT2D eigenvalue weighted by Crippen LogP contribution is 2.38. The second kappa shape index (κ2) is 2.43. The molecule has 0 amide bonds. The summed E-state index contributed by atoms with van der Waals surface area (Å²) in [5.74, 6) is 1.31. The molecule has 60 valence electrons. The zero-order chi connectivity index (χ0) is 7.84. The second-order valence-corrected chi connectivity index (χ2v) is 3.65. The predicted octanol–water partition coefficient (Wildman–Crippen LogP) is 1.33. The lowest BCUT2D eigenvalue weighted by Gasteiger charge is -2.22. The topological polar surface area (TPSA) is 34.1 Å². The Morgan fingerprint density at radius 2 is 1.82 bits per heavy atom. The smallest absolute Gasteiger partial charge is 0.136 e. The summed E-state index contributed by atoms with van der Waals surface area (Å²) >= 11 is 0. The van der Waals surface area contributed by atoms with E-state index < -0.39 is 0 Å². The minimum Gasteiger partial charge on any atom is -0.300 e. The SMILES string of the molecule is O=C1CCC2CCC(=O)C2C1. The Kier molecular flexibility index (Phi) is 1.55. The highest BCUT2D eigenvalue weighted by Gasteiger charge is 2.38. The van der Waals surface area contributed by atoms with E-state index in [-0.39, 0.29) is 5.92 Å². The van der Waals surface area contributed by atoms with Crippen LogP contribution in [0.1, 0.15) is 32.1 Å². The highest BCUT2D eigenvalue weighted by atomic mass is 16.1. The number of fused-ring (bicyclic) bond motifs is 1. The third-order valence-electron chi connectivity index (χ3n) is 2.99. The summed E-state index contributed by atoms with van der Waals surface area (Å²) in [6.45, 7) is 0. The van der Waals surface area contributed by atoms with Gasteiger partial charge in [-0.2, -0.15) is 0 Å². The molecule has 0 bridgehead atoms. The molecule has 2 aliphatic carbocycles. The van der Waals surface area contributed by atoms with Crippen LogP contribution < -0.4 is 0 Å². The van der Waals surface area contributed by atoms with Crippen molar-refractivity contribution in [3.8, 4) is 0 Å². The Morgan fingerprint density at radius 3 is 2.64 bits per heavy atom. The maximum absolute atomic E-state index is 11.2. The average molecular weight is 152 g/mol. The molecule has 0 aromatic rings. The Labute approximate surface area is 66.0 Å². The molecule has 2 rings (SSSR count). The van der Waals surface area contributed by atoms with E-state index in [9.17, 15) is 9.59 Å². The summed E-state index contributed by atoms with van der Waals surface area (Å²) in [6.07, 6.45) is 3.99. The maximum atomic E-state index is 11.2. The van der Waals surface area contributed by atoms with Crippen LogP contribution in [0.3, 0.4) is 0 Å². The van der Waals surface area contributed by atoms with E-state index in [4.69, 9.17) is 0 Å². The molecule has 2 nitrogen and oxygen atoms in total. The summed E-state index contributed by atoms with van der Waals surface area (Å²) in [7, 11) is 0. The van der Waals surface area contributed by atoms with Crippen molar-refractivity contribution in [1.82, 2.24) is 0 Å². The number of hydrogen-bond acceptors (Lipinski definition) is 2. The Morgan fingerprint density at radius 1 is 1.09 bits per heavy atom. The number of ketones is 2. The van der Waals surface area contributed by atoms with Crippen molar-refractivity contribution in [2.45, 2.75) is 32.1 Å². The molecule has 2 saturated carbocycles. The van der Waals surface area contributed by atoms with Crippen LogP contribution in [-0.2, 0) is 9.59 Å². The van der Waals surface area contributed by atoms with E-state index in [1.165, 1.54) is 0 Å². The van der Waals surface area contributed by atoms with Gasteiger partial charge in [-0.15, -0.1) is 0 Å². The molecule has 2 heteroatoms. The molecule has 2 aliphatic rings. The number of carbonyl (C=O) groups is 2. The molecular weight excluding hydrogens is 140 g/mol. The molecule has 2 fully saturated rings. The Hall–Kier alpha value is -0.660. The lowest BCUT2D eigenvalue weighted by molar-refractivity contribution is -0.129. The molecule has 0 spiro atoms. The predicted molar refractivity (Wildman–Crippen MR) is 40.1 cm³/mol. The maximum Gasteiger partial charge on any atom is 0.136 e. The molecule has 0 saturated heterocycles. The van der Waals surface area contributed by atoms with Crippen LogP contribution in [0.4, 0.5) is 0 Å². The van der Waals surface area contributed by atoms with E-state index in [2.05, 4.69) is 0 Å². The largest absolute Gasteiger partial charge is 0.300 e. The van der Waals surface area contributed by atoms with Crippen molar-refractivity contribution in [2.75, 3.05) is 0 Å². The summed E-state index contributed by atoms with van der Waals surface area (Å²) < 4.78 is 0. The van der Waals surface area contributed by atoms with Crippen LogP contribution in [0.15, 0.2) is 0 Å². The van der Waals surface area contributed by atoms with Gasteiger partial charge >= 0.3 is 0 Å². The summed E-state index contributed by atoms with van der Waals surface area (Å²) in [5, 5.41) is 0.